The van der Waals surface area contributed by atoms with Crippen molar-refractivity contribution in [3.8, 4) is 0 Å². The standard InChI is InChI=1S/C14H25N3O2S/c1-4-14-13(10-12-8-6-5-7-9-12)15-11-17(14)20(18,19)16(2)3/h11-12H,4-10H2,1-3H3. The minimum Gasteiger partial charge on any atom is -0.240 e. The van der Waals surface area contributed by atoms with Crippen molar-refractivity contribution < 1.29 is 8.42 Å². The summed E-state index contributed by atoms with van der Waals surface area (Å²) < 4.78 is 27.1. The molecule has 0 radical (unpaired) electrons. The first-order chi connectivity index (χ1) is 9.46. The van der Waals surface area contributed by atoms with E-state index in [9.17, 15) is 8.42 Å². The lowest BCUT2D eigenvalue weighted by Gasteiger charge is -2.21. The predicted octanol–water partition coefficient (Wildman–Crippen LogP) is 2.22. The first-order valence-electron chi connectivity index (χ1n) is 7.45. The van der Waals surface area contributed by atoms with Crippen LogP contribution in [0.15, 0.2) is 6.33 Å². The van der Waals surface area contributed by atoms with Crippen molar-refractivity contribution in [1.82, 2.24) is 13.3 Å². The van der Waals surface area contributed by atoms with Crippen LogP contribution in [0.3, 0.4) is 0 Å². The Bertz CT molecular complexity index is 543. The molecule has 5 nitrogen and oxygen atoms in total. The smallest absolute Gasteiger partial charge is 0.240 e. The summed E-state index contributed by atoms with van der Waals surface area (Å²) in [6.45, 7) is 1.99. The van der Waals surface area contributed by atoms with E-state index in [4.69, 9.17) is 0 Å². The van der Waals surface area contributed by atoms with Crippen molar-refractivity contribution in [3.63, 3.8) is 0 Å². The van der Waals surface area contributed by atoms with E-state index >= 15 is 0 Å². The van der Waals surface area contributed by atoms with Crippen molar-refractivity contribution >= 4 is 10.2 Å². The van der Waals surface area contributed by atoms with Crippen LogP contribution in [0.2, 0.25) is 0 Å². The average Bonchev–Trinajstić information content (AvgIpc) is 2.83. The molecule has 1 fully saturated rings. The summed E-state index contributed by atoms with van der Waals surface area (Å²) in [6.07, 6.45) is 9.49. The van der Waals surface area contributed by atoms with Crippen LogP contribution in [0.25, 0.3) is 0 Å². The number of hydrogen-bond acceptors (Lipinski definition) is 3. The van der Waals surface area contributed by atoms with Crippen molar-refractivity contribution in [2.24, 2.45) is 5.92 Å². The molecular formula is C14H25N3O2S. The van der Waals surface area contributed by atoms with E-state index in [2.05, 4.69) is 4.98 Å². The van der Waals surface area contributed by atoms with Gasteiger partial charge in [0.15, 0.2) is 0 Å². The second-order valence-corrected chi connectivity index (χ2v) is 7.81. The lowest BCUT2D eigenvalue weighted by atomic mass is 9.86. The fourth-order valence-corrected chi connectivity index (χ4v) is 3.99. The monoisotopic (exact) mass is 299 g/mol. The first-order valence-corrected chi connectivity index (χ1v) is 8.84. The third-order valence-corrected chi connectivity index (χ3v) is 5.90. The van der Waals surface area contributed by atoms with Gasteiger partial charge in [-0.05, 0) is 18.8 Å². The van der Waals surface area contributed by atoms with E-state index in [1.165, 1.54) is 46.7 Å². The number of aromatic nitrogens is 2. The molecule has 20 heavy (non-hydrogen) atoms. The molecule has 0 aromatic carbocycles. The second-order valence-electron chi connectivity index (χ2n) is 5.79. The molecule has 0 N–H and O–H groups in total. The second kappa shape index (κ2) is 6.26. The zero-order valence-electron chi connectivity index (χ0n) is 12.7. The van der Waals surface area contributed by atoms with Crippen molar-refractivity contribution in [1.29, 1.82) is 0 Å². The lowest BCUT2D eigenvalue weighted by Crippen LogP contribution is -2.29. The molecule has 1 saturated carbocycles. The first kappa shape index (κ1) is 15.5. The summed E-state index contributed by atoms with van der Waals surface area (Å²) in [5.74, 6) is 0.666. The Balaban J connectivity index is 2.25. The van der Waals surface area contributed by atoms with Gasteiger partial charge in [-0.25, -0.2) is 8.96 Å². The van der Waals surface area contributed by atoms with Crippen LogP contribution in [0, 0.1) is 5.92 Å². The number of nitrogens with zero attached hydrogens (tertiary/aromatic N) is 3. The molecule has 1 aliphatic rings. The summed E-state index contributed by atoms with van der Waals surface area (Å²) in [4.78, 5) is 4.39. The maximum Gasteiger partial charge on any atom is 0.308 e. The average molecular weight is 299 g/mol. The van der Waals surface area contributed by atoms with Crippen LogP contribution in [0.5, 0.6) is 0 Å². The lowest BCUT2D eigenvalue weighted by molar-refractivity contribution is 0.354. The molecular weight excluding hydrogens is 274 g/mol. The maximum atomic E-state index is 12.3. The van der Waals surface area contributed by atoms with E-state index in [1.54, 1.807) is 14.1 Å². The van der Waals surface area contributed by atoms with Crippen LogP contribution in [0.1, 0.15) is 50.4 Å². The molecule has 1 aromatic rings. The van der Waals surface area contributed by atoms with E-state index in [1.807, 2.05) is 6.92 Å². The Labute approximate surface area is 122 Å². The minimum atomic E-state index is -3.45. The van der Waals surface area contributed by atoms with Gasteiger partial charge in [-0.15, -0.1) is 0 Å². The van der Waals surface area contributed by atoms with Gasteiger partial charge < -0.3 is 0 Å². The number of rotatable bonds is 5. The van der Waals surface area contributed by atoms with Crippen LogP contribution in [-0.2, 0) is 23.1 Å². The van der Waals surface area contributed by atoms with E-state index < -0.39 is 10.2 Å². The van der Waals surface area contributed by atoms with Gasteiger partial charge in [-0.3, -0.25) is 0 Å². The number of imidazole rings is 1. The molecule has 1 aromatic heterocycles. The third kappa shape index (κ3) is 3.06. The molecule has 0 amide bonds. The Morgan fingerprint density at radius 1 is 1.30 bits per heavy atom. The quantitative estimate of drug-likeness (QED) is 0.837. The Hall–Kier alpha value is -0.880. The van der Waals surface area contributed by atoms with Crippen LogP contribution in [0.4, 0.5) is 0 Å². The molecule has 0 saturated heterocycles. The Morgan fingerprint density at radius 2 is 1.95 bits per heavy atom. The highest BCUT2D eigenvalue weighted by molar-refractivity contribution is 7.87. The van der Waals surface area contributed by atoms with Crippen molar-refractivity contribution in [3.05, 3.63) is 17.7 Å². The molecule has 6 heteroatoms. The normalized spacial score (nSPS) is 17.8. The third-order valence-electron chi connectivity index (χ3n) is 4.17. The fraction of sp³-hybridized carbons (Fsp3) is 0.786. The molecule has 0 atom stereocenters. The molecule has 0 aliphatic heterocycles. The van der Waals surface area contributed by atoms with Crippen LogP contribution < -0.4 is 0 Å². The minimum absolute atomic E-state index is 0.666. The van der Waals surface area contributed by atoms with Crippen LogP contribution in [-0.4, -0.2) is 35.8 Å². The largest absolute Gasteiger partial charge is 0.308 e. The van der Waals surface area contributed by atoms with Gasteiger partial charge in [0.25, 0.3) is 0 Å². The van der Waals surface area contributed by atoms with Gasteiger partial charge in [0.2, 0.25) is 0 Å². The molecule has 0 unspecified atom stereocenters. The Kier molecular flexibility index (Phi) is 4.86. The summed E-state index contributed by atoms with van der Waals surface area (Å²) in [7, 11) is -0.350. The molecule has 2 rings (SSSR count). The summed E-state index contributed by atoms with van der Waals surface area (Å²) >= 11 is 0. The van der Waals surface area contributed by atoms with Crippen LogP contribution >= 0.6 is 0 Å². The maximum absolute atomic E-state index is 12.3. The van der Waals surface area contributed by atoms with Gasteiger partial charge in [0, 0.05) is 14.1 Å². The predicted molar refractivity (Wildman–Crippen MR) is 79.9 cm³/mol. The van der Waals surface area contributed by atoms with Gasteiger partial charge >= 0.3 is 10.2 Å². The fourth-order valence-electron chi connectivity index (χ4n) is 2.96. The zero-order valence-corrected chi connectivity index (χ0v) is 13.5. The van der Waals surface area contributed by atoms with Gasteiger partial charge in [-0.2, -0.15) is 12.7 Å². The summed E-state index contributed by atoms with van der Waals surface area (Å²) in [5, 5.41) is 0. The highest BCUT2D eigenvalue weighted by Crippen LogP contribution is 2.28. The molecule has 114 valence electrons. The summed E-state index contributed by atoms with van der Waals surface area (Å²) in [6, 6.07) is 0. The SMILES string of the molecule is CCc1c(CC2CCCCC2)ncn1S(=O)(=O)N(C)C. The van der Waals surface area contributed by atoms with E-state index in [-0.39, 0.29) is 0 Å². The molecule has 1 aliphatic carbocycles. The molecule has 1 heterocycles. The van der Waals surface area contributed by atoms with Gasteiger partial charge in [0.05, 0.1) is 11.4 Å². The molecule has 0 spiro atoms. The van der Waals surface area contributed by atoms with E-state index in [0.717, 1.165) is 17.8 Å². The summed E-state index contributed by atoms with van der Waals surface area (Å²) in [5.41, 5.74) is 1.80. The zero-order chi connectivity index (χ0) is 14.8. The number of hydrogen-bond donors (Lipinski definition) is 0. The van der Waals surface area contributed by atoms with Crippen molar-refractivity contribution in [2.45, 2.75) is 51.9 Å². The molecule has 0 bridgehead atoms. The van der Waals surface area contributed by atoms with Gasteiger partial charge in [-0.1, -0.05) is 39.0 Å². The highest BCUT2D eigenvalue weighted by atomic mass is 32.2. The highest BCUT2D eigenvalue weighted by Gasteiger charge is 2.24. The van der Waals surface area contributed by atoms with E-state index in [0.29, 0.717) is 12.3 Å². The topological polar surface area (TPSA) is 55.2 Å². The van der Waals surface area contributed by atoms with Gasteiger partial charge in [0.1, 0.15) is 6.33 Å². The Morgan fingerprint density at radius 3 is 2.50 bits per heavy atom. The van der Waals surface area contributed by atoms with Crippen molar-refractivity contribution in [2.75, 3.05) is 14.1 Å².